The molecule has 0 bridgehead atoms. The first-order valence-electron chi connectivity index (χ1n) is 13.4. The molecule has 8 heteroatoms. The third-order valence-corrected chi connectivity index (χ3v) is 9.35. The fourth-order valence-corrected chi connectivity index (χ4v) is 6.55. The minimum absolute atomic E-state index is 0.0213. The Morgan fingerprint density at radius 3 is 2.51 bits per heavy atom. The largest absolute Gasteiger partial charge is 0.390 e. The van der Waals surface area contributed by atoms with E-state index in [1.165, 1.54) is 11.1 Å². The zero-order valence-electron chi connectivity index (χ0n) is 22.7. The minimum atomic E-state index is -1.18. The number of rotatable bonds is 5. The maximum absolute atomic E-state index is 13.2. The van der Waals surface area contributed by atoms with Crippen LogP contribution in [0.4, 0.5) is 5.82 Å². The summed E-state index contributed by atoms with van der Waals surface area (Å²) in [6, 6.07) is 17.8. The van der Waals surface area contributed by atoms with Crippen molar-refractivity contribution in [2.75, 3.05) is 18.0 Å². The average molecular weight is 545 g/mol. The van der Waals surface area contributed by atoms with E-state index in [0.717, 1.165) is 32.4 Å². The lowest BCUT2D eigenvalue weighted by atomic mass is 9.73. The van der Waals surface area contributed by atoms with Crippen LogP contribution in [0.1, 0.15) is 73.8 Å². The molecule has 2 aliphatic rings. The third-order valence-electron chi connectivity index (χ3n) is 7.79. The van der Waals surface area contributed by atoms with Gasteiger partial charge in [0.25, 0.3) is 0 Å². The molecule has 0 amide bonds. The molecule has 1 aromatic heterocycles. The number of anilines is 1. The normalized spacial score (nSPS) is 19.7. The van der Waals surface area contributed by atoms with Crippen molar-refractivity contribution in [2.45, 2.75) is 63.5 Å². The maximum Gasteiger partial charge on any atom is 0.152 e. The Kier molecular flexibility index (Phi) is 7.88. The van der Waals surface area contributed by atoms with Crippen LogP contribution in [0.25, 0.3) is 0 Å². The van der Waals surface area contributed by atoms with Gasteiger partial charge in [-0.05, 0) is 68.1 Å². The van der Waals surface area contributed by atoms with Gasteiger partial charge in [0.1, 0.15) is 17.5 Å². The van der Waals surface area contributed by atoms with Gasteiger partial charge in [-0.1, -0.05) is 60.5 Å². The van der Waals surface area contributed by atoms with E-state index in [4.69, 9.17) is 0 Å². The van der Waals surface area contributed by atoms with Crippen molar-refractivity contribution >= 4 is 16.8 Å². The second-order valence-corrected chi connectivity index (χ2v) is 13.4. The summed E-state index contributed by atoms with van der Waals surface area (Å²) in [5.74, 6) is 6.37. The van der Waals surface area contributed by atoms with Crippen molar-refractivity contribution in [3.8, 4) is 11.8 Å². The van der Waals surface area contributed by atoms with Gasteiger partial charge in [0.15, 0.2) is 5.82 Å². The topological polar surface area (TPSA) is 98.6 Å². The highest BCUT2D eigenvalue weighted by molar-refractivity contribution is 7.84. The van der Waals surface area contributed by atoms with Gasteiger partial charge in [0.2, 0.25) is 0 Å². The van der Waals surface area contributed by atoms with Gasteiger partial charge >= 0.3 is 0 Å². The van der Waals surface area contributed by atoms with Crippen molar-refractivity contribution in [1.82, 2.24) is 14.7 Å². The monoisotopic (exact) mass is 544 g/mol. The Balaban J connectivity index is 1.33. The van der Waals surface area contributed by atoms with Crippen LogP contribution >= 0.6 is 0 Å². The fourth-order valence-electron chi connectivity index (χ4n) is 5.60. The molecule has 39 heavy (non-hydrogen) atoms. The van der Waals surface area contributed by atoms with E-state index in [-0.39, 0.29) is 22.8 Å². The molecule has 5 rings (SSSR count). The van der Waals surface area contributed by atoms with Crippen molar-refractivity contribution in [3.63, 3.8) is 0 Å². The zero-order valence-corrected chi connectivity index (χ0v) is 23.5. The number of hydrogen-bond acceptors (Lipinski definition) is 6. The third kappa shape index (κ3) is 5.78. The molecule has 204 valence electrons. The number of nitrogens with one attached hydrogen (secondary N) is 1. The van der Waals surface area contributed by atoms with Crippen LogP contribution in [0, 0.1) is 17.3 Å². The predicted octanol–water partition coefficient (Wildman–Crippen LogP) is 3.99. The van der Waals surface area contributed by atoms with Crippen LogP contribution in [0.3, 0.4) is 0 Å². The first kappa shape index (κ1) is 27.5. The molecule has 1 saturated heterocycles. The number of hydrogen-bond donors (Lipinski definition) is 3. The fraction of sp³-hybridized carbons (Fsp3) is 0.419. The first-order chi connectivity index (χ1) is 18.7. The predicted molar refractivity (Wildman–Crippen MR) is 154 cm³/mol. The highest BCUT2D eigenvalue weighted by atomic mass is 32.2. The molecular weight excluding hydrogens is 508 g/mol. The van der Waals surface area contributed by atoms with Gasteiger partial charge in [-0.25, -0.2) is 18.9 Å². The summed E-state index contributed by atoms with van der Waals surface area (Å²) >= 11 is 0. The second kappa shape index (κ2) is 11.2. The molecule has 3 aromatic rings. The van der Waals surface area contributed by atoms with Crippen molar-refractivity contribution < 1.29 is 14.4 Å². The van der Waals surface area contributed by atoms with Crippen molar-refractivity contribution in [3.05, 3.63) is 88.9 Å². The summed E-state index contributed by atoms with van der Waals surface area (Å²) in [7, 11) is -1.18. The van der Waals surface area contributed by atoms with Crippen LogP contribution < -0.4 is 9.62 Å². The van der Waals surface area contributed by atoms with Crippen molar-refractivity contribution in [2.24, 2.45) is 5.41 Å². The van der Waals surface area contributed by atoms with E-state index in [2.05, 4.69) is 55.7 Å². The molecule has 3 N–H and O–H groups in total. The van der Waals surface area contributed by atoms with E-state index in [1.54, 1.807) is 6.20 Å². The molecule has 1 aliphatic carbocycles. The second-order valence-electron chi connectivity index (χ2n) is 11.4. The molecule has 2 unspecified atom stereocenters. The molecule has 1 aliphatic heterocycles. The van der Waals surface area contributed by atoms with Gasteiger partial charge in [-0.3, -0.25) is 0 Å². The highest BCUT2D eigenvalue weighted by Gasteiger charge is 2.49. The number of aromatic nitrogens is 2. The van der Waals surface area contributed by atoms with Crippen LogP contribution in [0.2, 0.25) is 0 Å². The summed E-state index contributed by atoms with van der Waals surface area (Å²) in [5.41, 5.74) is 4.14. The molecule has 1 fully saturated rings. The smallest absolute Gasteiger partial charge is 0.152 e. The summed E-state index contributed by atoms with van der Waals surface area (Å²) in [6.07, 6.45) is 3.43. The Hall–Kier alpha value is -3.09. The Morgan fingerprint density at radius 2 is 1.82 bits per heavy atom. The molecule has 0 saturated carbocycles. The number of aliphatic hydroxyl groups excluding tert-OH is 2. The minimum Gasteiger partial charge on any atom is -0.390 e. The maximum atomic E-state index is 13.2. The Bertz CT molecular complexity index is 1400. The Morgan fingerprint density at radius 1 is 1.13 bits per heavy atom. The van der Waals surface area contributed by atoms with Crippen LogP contribution in [0.15, 0.2) is 60.8 Å². The number of nitrogens with zero attached hydrogens (tertiary/aromatic N) is 3. The van der Waals surface area contributed by atoms with Crippen LogP contribution in [0.5, 0.6) is 0 Å². The molecule has 0 radical (unpaired) electrons. The SMILES string of the molecule is CC(C)(C)S(=O)N[C@@H]1c2ccccc2CC12CCN(c1ncc(C#CC(O)c3ccccc3)nc1CO)CC2. The lowest BCUT2D eigenvalue weighted by molar-refractivity contribution is 0.177. The molecule has 7 nitrogen and oxygen atoms in total. The number of fused-ring (bicyclic) bond motifs is 1. The summed E-state index contributed by atoms with van der Waals surface area (Å²) < 4.78 is 16.3. The number of benzene rings is 2. The Labute approximate surface area is 233 Å². The van der Waals surface area contributed by atoms with Gasteiger partial charge in [0.05, 0.1) is 34.6 Å². The molecule has 1 spiro atoms. The first-order valence-corrected chi connectivity index (χ1v) is 14.6. The summed E-state index contributed by atoms with van der Waals surface area (Å²) in [5, 5.41) is 20.4. The summed E-state index contributed by atoms with van der Waals surface area (Å²) in [6.45, 7) is 7.26. The van der Waals surface area contributed by atoms with Gasteiger partial charge < -0.3 is 15.1 Å². The van der Waals surface area contributed by atoms with Gasteiger partial charge in [-0.15, -0.1) is 0 Å². The van der Waals surface area contributed by atoms with Gasteiger partial charge in [-0.2, -0.15) is 0 Å². The quantitative estimate of drug-likeness (QED) is 0.420. The lowest BCUT2D eigenvalue weighted by Gasteiger charge is -2.44. The molecular formula is C31H36N4O3S. The standard InChI is InChI=1S/C31H36N4O3S/c1-30(2,3)39(38)34-28-25-12-8-7-11-23(25)19-31(28)15-17-35(18-16-31)29-26(21-36)33-24(20-32-29)13-14-27(37)22-9-5-4-6-10-22/h4-12,20,27-28,34,36-37H,15-19,21H2,1-3H3/t27?,28-,39?/m1/s1. The molecule has 3 atom stereocenters. The lowest BCUT2D eigenvalue weighted by Crippen LogP contribution is -2.48. The summed E-state index contributed by atoms with van der Waals surface area (Å²) in [4.78, 5) is 11.4. The van der Waals surface area contributed by atoms with E-state index in [0.29, 0.717) is 22.8 Å². The van der Waals surface area contributed by atoms with Gasteiger partial charge in [0, 0.05) is 13.1 Å². The number of aliphatic hydroxyl groups is 2. The average Bonchev–Trinajstić information content (AvgIpc) is 3.24. The highest BCUT2D eigenvalue weighted by Crippen LogP contribution is 2.52. The number of piperidine rings is 1. The zero-order chi connectivity index (χ0) is 27.6. The molecule has 2 aromatic carbocycles. The van der Waals surface area contributed by atoms with Crippen molar-refractivity contribution in [1.29, 1.82) is 0 Å². The van der Waals surface area contributed by atoms with E-state index in [9.17, 15) is 14.4 Å². The van der Waals surface area contributed by atoms with E-state index < -0.39 is 17.1 Å². The van der Waals surface area contributed by atoms with Crippen LogP contribution in [-0.4, -0.2) is 42.2 Å². The van der Waals surface area contributed by atoms with Crippen LogP contribution in [-0.2, 0) is 24.0 Å². The van der Waals surface area contributed by atoms with E-state index >= 15 is 0 Å². The van der Waals surface area contributed by atoms with E-state index in [1.807, 2.05) is 51.1 Å². The molecule has 2 heterocycles.